The standard InChI is InChI=1S/C10H18NO2/c1-10(2,3)13-9(12)8-11-6-4-5-7-11/h4H,5-8H2,1-3H3. The molecule has 1 heterocycles. The molecule has 0 atom stereocenters. The van der Waals surface area contributed by atoms with Crippen LogP contribution in [0.3, 0.4) is 0 Å². The lowest BCUT2D eigenvalue weighted by Crippen LogP contribution is -2.33. The molecule has 0 aromatic carbocycles. The molecule has 1 fully saturated rings. The lowest BCUT2D eigenvalue weighted by atomic mass is 10.2. The van der Waals surface area contributed by atoms with E-state index in [2.05, 4.69) is 11.3 Å². The highest BCUT2D eigenvalue weighted by Gasteiger charge is 2.20. The van der Waals surface area contributed by atoms with Crippen LogP contribution in [0.4, 0.5) is 0 Å². The van der Waals surface area contributed by atoms with E-state index in [1.807, 2.05) is 20.8 Å². The fraction of sp³-hybridized carbons (Fsp3) is 0.800. The number of ether oxygens (including phenoxy) is 1. The normalized spacial score (nSPS) is 19.0. The van der Waals surface area contributed by atoms with Gasteiger partial charge >= 0.3 is 5.97 Å². The van der Waals surface area contributed by atoms with Crippen LogP contribution in [0.2, 0.25) is 0 Å². The Morgan fingerprint density at radius 2 is 2.23 bits per heavy atom. The third-order valence-electron chi connectivity index (χ3n) is 1.81. The minimum Gasteiger partial charge on any atom is -0.459 e. The molecular weight excluding hydrogens is 166 g/mol. The molecule has 0 aromatic heterocycles. The van der Waals surface area contributed by atoms with Crippen molar-refractivity contribution in [3.05, 3.63) is 6.42 Å². The third-order valence-corrected chi connectivity index (χ3v) is 1.81. The summed E-state index contributed by atoms with van der Waals surface area (Å²) in [5.41, 5.74) is -0.361. The van der Waals surface area contributed by atoms with Crippen LogP contribution in [0, 0.1) is 6.42 Å². The van der Waals surface area contributed by atoms with Crippen molar-refractivity contribution < 1.29 is 9.53 Å². The Balaban J connectivity index is 2.24. The first-order valence-electron chi connectivity index (χ1n) is 4.73. The van der Waals surface area contributed by atoms with Crippen molar-refractivity contribution in [3.63, 3.8) is 0 Å². The Labute approximate surface area is 80.1 Å². The van der Waals surface area contributed by atoms with Crippen molar-refractivity contribution in [2.24, 2.45) is 0 Å². The Morgan fingerprint density at radius 3 is 2.69 bits per heavy atom. The highest BCUT2D eigenvalue weighted by Crippen LogP contribution is 2.10. The molecule has 1 rings (SSSR count). The van der Waals surface area contributed by atoms with Crippen molar-refractivity contribution in [3.8, 4) is 0 Å². The van der Waals surface area contributed by atoms with E-state index >= 15 is 0 Å². The van der Waals surface area contributed by atoms with E-state index < -0.39 is 0 Å². The van der Waals surface area contributed by atoms with E-state index in [1.54, 1.807) is 0 Å². The van der Waals surface area contributed by atoms with E-state index in [4.69, 9.17) is 4.74 Å². The zero-order valence-corrected chi connectivity index (χ0v) is 8.67. The van der Waals surface area contributed by atoms with Gasteiger partial charge in [0.05, 0.1) is 6.54 Å². The highest BCUT2D eigenvalue weighted by molar-refractivity contribution is 5.72. The van der Waals surface area contributed by atoms with Crippen molar-refractivity contribution >= 4 is 5.97 Å². The summed E-state index contributed by atoms with van der Waals surface area (Å²) >= 11 is 0. The van der Waals surface area contributed by atoms with Crippen molar-refractivity contribution in [1.82, 2.24) is 4.90 Å². The predicted molar refractivity (Wildman–Crippen MR) is 51.2 cm³/mol. The molecule has 0 unspecified atom stereocenters. The molecule has 3 heteroatoms. The van der Waals surface area contributed by atoms with Crippen LogP contribution < -0.4 is 0 Å². The molecule has 13 heavy (non-hydrogen) atoms. The van der Waals surface area contributed by atoms with Gasteiger partial charge in [0.15, 0.2) is 0 Å². The zero-order valence-electron chi connectivity index (χ0n) is 8.67. The molecule has 0 amide bonds. The van der Waals surface area contributed by atoms with Crippen LogP contribution in [0.25, 0.3) is 0 Å². The van der Waals surface area contributed by atoms with Gasteiger partial charge in [0.2, 0.25) is 0 Å². The SMILES string of the molecule is CC(C)(C)OC(=O)CN1C[CH]CC1. The molecule has 1 radical (unpaired) electrons. The number of rotatable bonds is 2. The fourth-order valence-corrected chi connectivity index (χ4v) is 1.34. The predicted octanol–water partition coefficient (Wildman–Crippen LogP) is 1.24. The summed E-state index contributed by atoms with van der Waals surface area (Å²) in [6.07, 6.45) is 3.27. The second-order valence-electron chi connectivity index (χ2n) is 4.40. The maximum atomic E-state index is 11.3. The van der Waals surface area contributed by atoms with Gasteiger partial charge in [0.25, 0.3) is 0 Å². The largest absolute Gasteiger partial charge is 0.459 e. The summed E-state index contributed by atoms with van der Waals surface area (Å²) in [6, 6.07) is 0. The second kappa shape index (κ2) is 4.09. The molecule has 75 valence electrons. The van der Waals surface area contributed by atoms with Crippen LogP contribution in [-0.2, 0) is 9.53 Å². The molecule has 0 aromatic rings. The van der Waals surface area contributed by atoms with Crippen LogP contribution in [0.1, 0.15) is 27.2 Å². The smallest absolute Gasteiger partial charge is 0.320 e. The first kappa shape index (κ1) is 10.5. The highest BCUT2D eigenvalue weighted by atomic mass is 16.6. The number of hydrogen-bond acceptors (Lipinski definition) is 3. The van der Waals surface area contributed by atoms with E-state index in [9.17, 15) is 4.79 Å². The summed E-state index contributed by atoms with van der Waals surface area (Å²) < 4.78 is 5.21. The van der Waals surface area contributed by atoms with Crippen LogP contribution >= 0.6 is 0 Å². The summed E-state index contributed by atoms with van der Waals surface area (Å²) in [5, 5.41) is 0. The minimum atomic E-state index is -0.361. The van der Waals surface area contributed by atoms with Gasteiger partial charge in [-0.3, -0.25) is 9.69 Å². The number of esters is 1. The molecule has 3 nitrogen and oxygen atoms in total. The van der Waals surface area contributed by atoms with E-state index in [0.717, 1.165) is 19.5 Å². The van der Waals surface area contributed by atoms with Crippen molar-refractivity contribution in [2.45, 2.75) is 32.8 Å². The summed E-state index contributed by atoms with van der Waals surface area (Å²) in [4.78, 5) is 13.4. The average molecular weight is 184 g/mol. The van der Waals surface area contributed by atoms with Gasteiger partial charge in [-0.15, -0.1) is 0 Å². The Hall–Kier alpha value is -0.570. The molecule has 0 N–H and O–H groups in total. The Kier molecular flexibility index (Phi) is 3.31. The number of carbonyl (C=O) groups excluding carboxylic acids is 1. The molecular formula is C10H18NO2. The summed E-state index contributed by atoms with van der Waals surface area (Å²) in [5.74, 6) is -0.122. The number of nitrogens with zero attached hydrogens (tertiary/aromatic N) is 1. The van der Waals surface area contributed by atoms with E-state index in [-0.39, 0.29) is 11.6 Å². The van der Waals surface area contributed by atoms with E-state index in [1.165, 1.54) is 0 Å². The zero-order chi connectivity index (χ0) is 9.90. The molecule has 0 spiro atoms. The third kappa shape index (κ3) is 4.27. The lowest BCUT2D eigenvalue weighted by Gasteiger charge is -2.21. The maximum Gasteiger partial charge on any atom is 0.320 e. The van der Waals surface area contributed by atoms with Gasteiger partial charge in [0.1, 0.15) is 5.60 Å². The van der Waals surface area contributed by atoms with Crippen LogP contribution in [-0.4, -0.2) is 36.1 Å². The number of carbonyl (C=O) groups is 1. The van der Waals surface area contributed by atoms with Gasteiger partial charge in [-0.2, -0.15) is 0 Å². The topological polar surface area (TPSA) is 29.5 Å². The summed E-state index contributed by atoms with van der Waals surface area (Å²) in [7, 11) is 0. The molecule has 1 aliphatic heterocycles. The fourth-order valence-electron chi connectivity index (χ4n) is 1.34. The van der Waals surface area contributed by atoms with Gasteiger partial charge in [-0.05, 0) is 40.2 Å². The molecule has 0 bridgehead atoms. The van der Waals surface area contributed by atoms with Gasteiger partial charge < -0.3 is 4.74 Å². The Morgan fingerprint density at radius 1 is 1.54 bits per heavy atom. The maximum absolute atomic E-state index is 11.3. The summed E-state index contributed by atoms with van der Waals surface area (Å²) in [6.45, 7) is 8.00. The van der Waals surface area contributed by atoms with E-state index in [0.29, 0.717) is 6.54 Å². The van der Waals surface area contributed by atoms with Crippen LogP contribution in [0.15, 0.2) is 0 Å². The molecule has 0 aliphatic carbocycles. The van der Waals surface area contributed by atoms with Gasteiger partial charge in [-0.25, -0.2) is 0 Å². The average Bonchev–Trinajstić information content (AvgIpc) is 2.34. The Bertz CT molecular complexity index is 178. The molecule has 1 aliphatic rings. The van der Waals surface area contributed by atoms with Gasteiger partial charge in [-0.1, -0.05) is 0 Å². The molecule has 0 saturated carbocycles. The lowest BCUT2D eigenvalue weighted by molar-refractivity contribution is -0.155. The number of hydrogen-bond donors (Lipinski definition) is 0. The van der Waals surface area contributed by atoms with Crippen LogP contribution in [0.5, 0.6) is 0 Å². The van der Waals surface area contributed by atoms with Crippen molar-refractivity contribution in [1.29, 1.82) is 0 Å². The first-order valence-corrected chi connectivity index (χ1v) is 4.73. The minimum absolute atomic E-state index is 0.122. The van der Waals surface area contributed by atoms with Gasteiger partial charge in [0, 0.05) is 6.54 Å². The van der Waals surface area contributed by atoms with Crippen molar-refractivity contribution in [2.75, 3.05) is 19.6 Å². The second-order valence-corrected chi connectivity index (χ2v) is 4.40. The number of likely N-dealkylation sites (tertiary alicyclic amines) is 1. The first-order chi connectivity index (χ1) is 5.97. The molecule has 1 saturated heterocycles. The monoisotopic (exact) mass is 184 g/mol. The quantitative estimate of drug-likeness (QED) is 0.605.